The molecule has 78 valence electrons. The van der Waals surface area contributed by atoms with E-state index in [2.05, 4.69) is 25.1 Å². The average Bonchev–Trinajstić information content (AvgIpc) is 2.71. The van der Waals surface area contributed by atoms with Gasteiger partial charge in [-0.3, -0.25) is 5.10 Å². The predicted octanol–water partition coefficient (Wildman–Crippen LogP) is 0.540. The number of anilines is 1. The van der Waals surface area contributed by atoms with Crippen molar-refractivity contribution in [3.05, 3.63) is 30.1 Å². The summed E-state index contributed by atoms with van der Waals surface area (Å²) in [4.78, 5) is 14.4. The van der Waals surface area contributed by atoms with Crippen LogP contribution in [0.3, 0.4) is 0 Å². The van der Waals surface area contributed by atoms with Crippen LogP contribution in [0.2, 0.25) is 0 Å². The van der Waals surface area contributed by atoms with Gasteiger partial charge in [-0.2, -0.15) is 5.10 Å². The molecule has 2 aromatic heterocycles. The van der Waals surface area contributed by atoms with Crippen LogP contribution in [0.25, 0.3) is 0 Å². The van der Waals surface area contributed by atoms with Gasteiger partial charge in [-0.15, -0.1) is 0 Å². The highest BCUT2D eigenvalue weighted by atomic mass is 15.3. The summed E-state index contributed by atoms with van der Waals surface area (Å²) < 4.78 is 0. The van der Waals surface area contributed by atoms with Crippen molar-refractivity contribution in [2.75, 3.05) is 11.9 Å². The lowest BCUT2D eigenvalue weighted by atomic mass is 10.4. The minimum atomic E-state index is 0.614. The highest BCUT2D eigenvalue weighted by Crippen LogP contribution is 2.06. The number of hydrogen-bond acceptors (Lipinski definition) is 5. The topological polar surface area (TPSA) is 70.6 Å². The zero-order valence-electron chi connectivity index (χ0n) is 8.68. The molecule has 2 heterocycles. The molecule has 0 amide bonds. The number of hydrogen-bond donors (Lipinski definition) is 1. The van der Waals surface area contributed by atoms with E-state index in [0.29, 0.717) is 12.5 Å². The summed E-state index contributed by atoms with van der Waals surface area (Å²) in [5, 5.41) is 6.57. The second kappa shape index (κ2) is 4.04. The largest absolute Gasteiger partial charge is 0.336 e. The van der Waals surface area contributed by atoms with Crippen molar-refractivity contribution in [1.82, 2.24) is 25.1 Å². The van der Waals surface area contributed by atoms with Gasteiger partial charge in [0.15, 0.2) is 0 Å². The Morgan fingerprint density at radius 1 is 1.27 bits per heavy atom. The van der Waals surface area contributed by atoms with Crippen LogP contribution in [0.4, 0.5) is 5.95 Å². The van der Waals surface area contributed by atoms with Gasteiger partial charge in [-0.25, -0.2) is 15.0 Å². The smallest absolute Gasteiger partial charge is 0.225 e. The van der Waals surface area contributed by atoms with Crippen LogP contribution < -0.4 is 4.90 Å². The molecule has 0 aliphatic carbocycles. The van der Waals surface area contributed by atoms with Crippen molar-refractivity contribution < 1.29 is 0 Å². The van der Waals surface area contributed by atoms with Crippen LogP contribution in [0.5, 0.6) is 0 Å². The Kier molecular flexibility index (Phi) is 2.57. The molecule has 0 bridgehead atoms. The molecule has 0 saturated carbocycles. The quantitative estimate of drug-likeness (QED) is 0.790. The van der Waals surface area contributed by atoms with Gasteiger partial charge < -0.3 is 4.90 Å². The first-order chi connectivity index (χ1) is 7.25. The molecule has 0 spiro atoms. The van der Waals surface area contributed by atoms with Gasteiger partial charge in [0, 0.05) is 19.4 Å². The van der Waals surface area contributed by atoms with Gasteiger partial charge >= 0.3 is 0 Å². The molecule has 2 rings (SSSR count). The van der Waals surface area contributed by atoms with Gasteiger partial charge in [0.2, 0.25) is 5.95 Å². The zero-order chi connectivity index (χ0) is 10.7. The SMILES string of the molecule is Cc1cnc(N(C)Cc2ncn[nH]2)nc1. The Morgan fingerprint density at radius 2 is 2.00 bits per heavy atom. The molecule has 0 aromatic carbocycles. The number of aromatic amines is 1. The molecule has 0 unspecified atom stereocenters. The van der Waals surface area contributed by atoms with Gasteiger partial charge in [0.1, 0.15) is 12.2 Å². The molecule has 2 aromatic rings. The third kappa shape index (κ3) is 2.28. The molecule has 6 nitrogen and oxygen atoms in total. The molecule has 0 radical (unpaired) electrons. The van der Waals surface area contributed by atoms with Crippen LogP contribution in [0.15, 0.2) is 18.7 Å². The summed E-state index contributed by atoms with van der Waals surface area (Å²) in [6.45, 7) is 2.57. The minimum absolute atomic E-state index is 0.614. The second-order valence-electron chi connectivity index (χ2n) is 3.35. The molecule has 0 fully saturated rings. The summed E-state index contributed by atoms with van der Waals surface area (Å²) >= 11 is 0. The molecule has 1 N–H and O–H groups in total. The highest BCUT2D eigenvalue weighted by molar-refractivity contribution is 5.28. The van der Waals surface area contributed by atoms with Crippen molar-refractivity contribution in [3.63, 3.8) is 0 Å². The maximum atomic E-state index is 4.21. The van der Waals surface area contributed by atoms with E-state index in [9.17, 15) is 0 Å². The van der Waals surface area contributed by atoms with Crippen molar-refractivity contribution >= 4 is 5.95 Å². The van der Waals surface area contributed by atoms with E-state index in [4.69, 9.17) is 0 Å². The van der Waals surface area contributed by atoms with Crippen LogP contribution in [0.1, 0.15) is 11.4 Å². The van der Waals surface area contributed by atoms with Crippen molar-refractivity contribution in [3.8, 4) is 0 Å². The van der Waals surface area contributed by atoms with Gasteiger partial charge in [0.05, 0.1) is 6.54 Å². The summed E-state index contributed by atoms with van der Waals surface area (Å²) in [7, 11) is 1.91. The molecular formula is C9H12N6. The van der Waals surface area contributed by atoms with Crippen LogP contribution >= 0.6 is 0 Å². The monoisotopic (exact) mass is 204 g/mol. The maximum Gasteiger partial charge on any atom is 0.225 e. The number of nitrogens with one attached hydrogen (secondary N) is 1. The molecule has 0 saturated heterocycles. The molecule has 0 aliphatic heterocycles. The number of aryl methyl sites for hydroxylation is 1. The Bertz CT molecular complexity index is 407. The van der Waals surface area contributed by atoms with Crippen molar-refractivity contribution in [2.45, 2.75) is 13.5 Å². The third-order valence-electron chi connectivity index (χ3n) is 1.96. The number of H-pyrrole nitrogens is 1. The summed E-state index contributed by atoms with van der Waals surface area (Å²) in [6.07, 6.45) is 5.07. The Labute approximate surface area is 87.4 Å². The molecular weight excluding hydrogens is 192 g/mol. The Morgan fingerprint density at radius 3 is 2.60 bits per heavy atom. The van der Waals surface area contributed by atoms with E-state index in [1.54, 1.807) is 12.4 Å². The predicted molar refractivity (Wildman–Crippen MR) is 55.3 cm³/mol. The molecule has 6 heteroatoms. The lowest BCUT2D eigenvalue weighted by molar-refractivity contribution is 0.810. The first-order valence-electron chi connectivity index (χ1n) is 4.60. The van der Waals surface area contributed by atoms with Gasteiger partial charge in [-0.05, 0) is 12.5 Å². The summed E-state index contributed by atoms with van der Waals surface area (Å²) in [5.74, 6) is 1.47. The summed E-state index contributed by atoms with van der Waals surface area (Å²) in [5.41, 5.74) is 1.05. The van der Waals surface area contributed by atoms with Crippen LogP contribution in [0, 0.1) is 6.92 Å². The van der Waals surface area contributed by atoms with Gasteiger partial charge in [-0.1, -0.05) is 0 Å². The number of aromatic nitrogens is 5. The summed E-state index contributed by atoms with van der Waals surface area (Å²) in [6, 6.07) is 0. The van der Waals surface area contributed by atoms with Crippen molar-refractivity contribution in [1.29, 1.82) is 0 Å². The fourth-order valence-electron chi connectivity index (χ4n) is 1.19. The lowest BCUT2D eigenvalue weighted by Crippen LogP contribution is -2.19. The van der Waals surface area contributed by atoms with E-state index in [1.165, 1.54) is 6.33 Å². The fraction of sp³-hybridized carbons (Fsp3) is 0.333. The highest BCUT2D eigenvalue weighted by Gasteiger charge is 2.05. The lowest BCUT2D eigenvalue weighted by Gasteiger charge is -2.14. The third-order valence-corrected chi connectivity index (χ3v) is 1.96. The van der Waals surface area contributed by atoms with E-state index >= 15 is 0 Å². The Hall–Kier alpha value is -1.98. The molecule has 0 aliphatic rings. The van der Waals surface area contributed by atoms with Crippen molar-refractivity contribution in [2.24, 2.45) is 0 Å². The molecule has 15 heavy (non-hydrogen) atoms. The molecule has 0 atom stereocenters. The fourth-order valence-corrected chi connectivity index (χ4v) is 1.19. The second-order valence-corrected chi connectivity index (χ2v) is 3.35. The normalized spacial score (nSPS) is 10.3. The minimum Gasteiger partial charge on any atom is -0.336 e. The van der Waals surface area contributed by atoms with E-state index in [1.807, 2.05) is 18.9 Å². The number of rotatable bonds is 3. The number of nitrogens with zero attached hydrogens (tertiary/aromatic N) is 5. The standard InChI is InChI=1S/C9H12N6/c1-7-3-10-9(11-4-7)15(2)5-8-12-6-13-14-8/h3-4,6H,5H2,1-2H3,(H,12,13,14). The van der Waals surface area contributed by atoms with Gasteiger partial charge in [0.25, 0.3) is 0 Å². The van der Waals surface area contributed by atoms with E-state index in [0.717, 1.165) is 11.4 Å². The maximum absolute atomic E-state index is 4.21. The Balaban J connectivity index is 2.08. The zero-order valence-corrected chi connectivity index (χ0v) is 8.68. The average molecular weight is 204 g/mol. The van der Waals surface area contributed by atoms with Crippen LogP contribution in [-0.4, -0.2) is 32.2 Å². The van der Waals surface area contributed by atoms with E-state index in [-0.39, 0.29) is 0 Å². The van der Waals surface area contributed by atoms with Crippen LogP contribution in [-0.2, 0) is 6.54 Å². The first kappa shape index (κ1) is 9.57. The first-order valence-corrected chi connectivity index (χ1v) is 4.60. The van der Waals surface area contributed by atoms with E-state index < -0.39 is 0 Å².